The van der Waals surface area contributed by atoms with E-state index in [-0.39, 0.29) is 0 Å². The quantitative estimate of drug-likeness (QED) is 0.630. The molecule has 0 unspecified atom stereocenters. The zero-order chi connectivity index (χ0) is 9.90. The molecule has 54 valence electrons. The molecule has 1 aromatic rings. The standard InChI is InChI=1S/C8H10S2/c1-9-7-3-5-8(10-2)6-4-7/h3-6H,1-2H3/i1D3. The van der Waals surface area contributed by atoms with Gasteiger partial charge in [-0.3, -0.25) is 0 Å². The summed E-state index contributed by atoms with van der Waals surface area (Å²) >= 11 is 2.56. The number of hydrogen-bond acceptors (Lipinski definition) is 2. The molecule has 0 heterocycles. The monoisotopic (exact) mass is 173 g/mol. The fraction of sp³-hybridized carbons (Fsp3) is 0.250. The second-order valence-corrected chi connectivity index (χ2v) is 3.33. The van der Waals surface area contributed by atoms with Gasteiger partial charge in [-0.05, 0) is 36.7 Å². The minimum atomic E-state index is -1.94. The molecule has 0 bridgehead atoms. The third-order valence-corrected chi connectivity index (χ3v) is 2.43. The summed E-state index contributed by atoms with van der Waals surface area (Å²) in [6, 6.07) is 7.53. The van der Waals surface area contributed by atoms with Gasteiger partial charge in [0.1, 0.15) is 0 Å². The van der Waals surface area contributed by atoms with Crippen molar-refractivity contribution in [2.75, 3.05) is 12.4 Å². The lowest BCUT2D eigenvalue weighted by Gasteiger charge is -1.96. The summed E-state index contributed by atoms with van der Waals surface area (Å²) in [7, 11) is 0. The lowest BCUT2D eigenvalue weighted by Crippen LogP contribution is -1.69. The number of thioether (sulfide) groups is 2. The van der Waals surface area contributed by atoms with Gasteiger partial charge in [0.15, 0.2) is 0 Å². The highest BCUT2D eigenvalue weighted by atomic mass is 32.2. The molecular formula is C8H10S2. The van der Waals surface area contributed by atoms with Gasteiger partial charge >= 0.3 is 0 Å². The molecule has 0 aromatic heterocycles. The maximum absolute atomic E-state index is 7.06. The first kappa shape index (κ1) is 4.73. The lowest BCUT2D eigenvalue weighted by molar-refractivity contribution is 1.36. The molecular weight excluding hydrogens is 160 g/mol. The molecule has 0 N–H and O–H groups in total. The molecule has 0 spiro atoms. The number of hydrogen-bond donors (Lipinski definition) is 0. The highest BCUT2D eigenvalue weighted by Gasteiger charge is 1.89. The molecule has 0 aliphatic carbocycles. The minimum absolute atomic E-state index is 0.790. The molecule has 0 fully saturated rings. The Kier molecular flexibility index (Phi) is 1.86. The van der Waals surface area contributed by atoms with E-state index >= 15 is 0 Å². The molecule has 0 amide bonds. The van der Waals surface area contributed by atoms with Gasteiger partial charge in [-0.2, -0.15) is 0 Å². The van der Waals surface area contributed by atoms with Crippen molar-refractivity contribution >= 4 is 23.5 Å². The fourth-order valence-corrected chi connectivity index (χ4v) is 1.32. The van der Waals surface area contributed by atoms with Crippen molar-refractivity contribution in [3.8, 4) is 0 Å². The zero-order valence-electron chi connectivity index (χ0n) is 8.63. The molecule has 2 heteroatoms. The molecule has 0 aliphatic rings. The number of rotatable bonds is 2. The maximum Gasteiger partial charge on any atom is 0.0348 e. The smallest absolute Gasteiger partial charge is 0.0348 e. The van der Waals surface area contributed by atoms with Gasteiger partial charge in [0.05, 0.1) is 0 Å². The van der Waals surface area contributed by atoms with Gasteiger partial charge < -0.3 is 0 Å². The zero-order valence-corrected chi connectivity index (χ0v) is 7.26. The van der Waals surface area contributed by atoms with Crippen LogP contribution in [0.3, 0.4) is 0 Å². The van der Waals surface area contributed by atoms with Crippen LogP contribution in [0.4, 0.5) is 0 Å². The van der Waals surface area contributed by atoms with E-state index in [4.69, 9.17) is 4.11 Å². The van der Waals surface area contributed by atoms with Gasteiger partial charge in [-0.25, -0.2) is 0 Å². The number of benzene rings is 1. The first-order valence-corrected chi connectivity index (χ1v) is 4.88. The van der Waals surface area contributed by atoms with Crippen molar-refractivity contribution < 1.29 is 4.11 Å². The Bertz CT molecular complexity index is 266. The Balaban J connectivity index is 2.70. The van der Waals surface area contributed by atoms with Gasteiger partial charge in [0.25, 0.3) is 0 Å². The Morgan fingerprint density at radius 1 is 1.10 bits per heavy atom. The third kappa shape index (κ3) is 1.96. The molecule has 0 radical (unpaired) electrons. The Hall–Kier alpha value is -0.0800. The summed E-state index contributed by atoms with van der Waals surface area (Å²) in [6.07, 6.45) is 0.0484. The summed E-state index contributed by atoms with van der Waals surface area (Å²) in [5.74, 6) is 0. The SMILES string of the molecule is [2H]C([2H])([2H])Sc1ccc(SC)cc1. The predicted octanol–water partition coefficient (Wildman–Crippen LogP) is 3.13. The van der Waals surface area contributed by atoms with Crippen molar-refractivity contribution in [2.45, 2.75) is 9.79 Å². The first-order valence-electron chi connectivity index (χ1n) is 4.34. The summed E-state index contributed by atoms with van der Waals surface area (Å²) in [4.78, 5) is 1.94. The van der Waals surface area contributed by atoms with E-state index < -0.39 is 6.18 Å². The molecule has 10 heavy (non-hydrogen) atoms. The second-order valence-electron chi connectivity index (χ2n) is 1.78. The van der Waals surface area contributed by atoms with E-state index in [2.05, 4.69) is 0 Å². The van der Waals surface area contributed by atoms with Crippen LogP contribution >= 0.6 is 23.5 Å². The Labute approximate surface area is 74.6 Å². The van der Waals surface area contributed by atoms with E-state index in [1.807, 2.05) is 30.5 Å². The highest BCUT2D eigenvalue weighted by Crippen LogP contribution is 2.19. The predicted molar refractivity (Wildman–Crippen MR) is 50.0 cm³/mol. The summed E-state index contributed by atoms with van der Waals surface area (Å²) in [5.41, 5.74) is 0. The van der Waals surface area contributed by atoms with Crippen LogP contribution in [0.1, 0.15) is 4.11 Å². The topological polar surface area (TPSA) is 0 Å². The van der Waals surface area contributed by atoms with Crippen LogP contribution < -0.4 is 0 Å². The largest absolute Gasteiger partial charge is 0.130 e. The first-order chi connectivity index (χ1) is 6.01. The molecule has 0 saturated heterocycles. The average Bonchev–Trinajstić information content (AvgIpc) is 2.03. The maximum atomic E-state index is 7.06. The molecule has 0 atom stereocenters. The normalized spacial score (nSPS) is 15.5. The van der Waals surface area contributed by atoms with Crippen LogP contribution in [0, 0.1) is 0 Å². The van der Waals surface area contributed by atoms with Crippen LogP contribution in [0.5, 0.6) is 0 Å². The van der Waals surface area contributed by atoms with E-state index in [0.29, 0.717) is 0 Å². The van der Waals surface area contributed by atoms with Gasteiger partial charge in [-0.15, -0.1) is 23.5 Å². The summed E-state index contributed by atoms with van der Waals surface area (Å²) in [5, 5.41) is 0. The van der Waals surface area contributed by atoms with Gasteiger partial charge in [0, 0.05) is 13.9 Å². The van der Waals surface area contributed by atoms with Crippen LogP contribution in [0.2, 0.25) is 0 Å². The minimum Gasteiger partial charge on any atom is -0.130 e. The van der Waals surface area contributed by atoms with Crippen LogP contribution in [0.25, 0.3) is 0 Å². The Morgan fingerprint density at radius 3 is 2.00 bits per heavy atom. The molecule has 0 saturated carbocycles. The molecule has 0 aliphatic heterocycles. The van der Waals surface area contributed by atoms with Crippen molar-refractivity contribution in [3.63, 3.8) is 0 Å². The van der Waals surface area contributed by atoms with Crippen LogP contribution in [0.15, 0.2) is 34.1 Å². The molecule has 1 rings (SSSR count). The van der Waals surface area contributed by atoms with Crippen molar-refractivity contribution in [2.24, 2.45) is 0 Å². The van der Waals surface area contributed by atoms with E-state index in [1.165, 1.54) is 0 Å². The third-order valence-electron chi connectivity index (χ3n) is 1.18. The summed E-state index contributed by atoms with van der Waals surface area (Å²) < 4.78 is 21.2. The van der Waals surface area contributed by atoms with Crippen LogP contribution in [-0.2, 0) is 0 Å². The average molecular weight is 173 g/mol. The molecule has 1 aromatic carbocycles. The lowest BCUT2D eigenvalue weighted by atomic mass is 10.4. The van der Waals surface area contributed by atoms with Crippen molar-refractivity contribution in [1.82, 2.24) is 0 Å². The summed E-state index contributed by atoms with van der Waals surface area (Å²) in [6.45, 7) is 0. The Morgan fingerprint density at radius 2 is 1.60 bits per heavy atom. The second kappa shape index (κ2) is 3.94. The van der Waals surface area contributed by atoms with Crippen molar-refractivity contribution in [3.05, 3.63) is 24.3 Å². The van der Waals surface area contributed by atoms with E-state index in [9.17, 15) is 0 Å². The van der Waals surface area contributed by atoms with Crippen LogP contribution in [-0.4, -0.2) is 12.4 Å². The van der Waals surface area contributed by atoms with Crippen molar-refractivity contribution in [1.29, 1.82) is 0 Å². The van der Waals surface area contributed by atoms with E-state index in [0.717, 1.165) is 21.6 Å². The fourth-order valence-electron chi connectivity index (χ4n) is 0.644. The highest BCUT2D eigenvalue weighted by molar-refractivity contribution is 7.99. The van der Waals surface area contributed by atoms with Gasteiger partial charge in [0.2, 0.25) is 0 Å². The van der Waals surface area contributed by atoms with Gasteiger partial charge in [-0.1, -0.05) is 0 Å². The molecule has 0 nitrogen and oxygen atoms in total. The van der Waals surface area contributed by atoms with E-state index in [1.54, 1.807) is 11.8 Å².